The van der Waals surface area contributed by atoms with Crippen LogP contribution in [0.3, 0.4) is 0 Å². The summed E-state index contributed by atoms with van der Waals surface area (Å²) in [5.74, 6) is 0.525. The molecule has 0 heterocycles. The van der Waals surface area contributed by atoms with E-state index < -0.39 is 21.1 Å². The Morgan fingerprint density at radius 1 is 0.514 bits per heavy atom. The molecule has 0 saturated carbocycles. The van der Waals surface area contributed by atoms with Crippen LogP contribution in [-0.4, -0.2) is 0 Å². The molecule has 0 bridgehead atoms. The van der Waals surface area contributed by atoms with Gasteiger partial charge in [0.05, 0.1) is 0 Å². The van der Waals surface area contributed by atoms with Crippen LogP contribution < -0.4 is 5.63 Å². The Bertz CT molecular complexity index is 1260. The first-order valence-electron chi connectivity index (χ1n) is 12.8. The van der Waals surface area contributed by atoms with Gasteiger partial charge in [0.25, 0.3) is 0 Å². The quantitative estimate of drug-likeness (QED) is 0.337. The molecule has 5 heteroatoms. The molecule has 0 fully saturated rings. The van der Waals surface area contributed by atoms with Crippen molar-refractivity contribution in [2.45, 2.75) is 69.2 Å². The Balaban J connectivity index is 2.11. The van der Waals surface area contributed by atoms with Gasteiger partial charge in [0.1, 0.15) is 0 Å². The Morgan fingerprint density at radius 3 is 1.05 bits per heavy atom. The molecule has 0 spiro atoms. The van der Waals surface area contributed by atoms with Crippen molar-refractivity contribution in [3.63, 3.8) is 0 Å². The Hall–Kier alpha value is -2.26. The monoisotopic (exact) mass is 582 g/mol. The molecular formula is C32H38F2O2Zr. The topological polar surface area (TPSA) is 18.5 Å². The van der Waals surface area contributed by atoms with Gasteiger partial charge in [0.15, 0.2) is 0 Å². The third-order valence-electron chi connectivity index (χ3n) is 8.93. The second kappa shape index (κ2) is 9.49. The number of allylic oxidation sites excluding steroid dienone is 8. The molecule has 0 atom stereocenters. The normalized spacial score (nSPS) is 19.4. The zero-order valence-corrected chi connectivity index (χ0v) is 26.1. The van der Waals surface area contributed by atoms with Crippen molar-refractivity contribution in [3.8, 4) is 11.5 Å². The second-order valence-corrected chi connectivity index (χ2v) is 18.0. The summed E-state index contributed by atoms with van der Waals surface area (Å²) in [6.45, 7) is 22.0. The standard InChI is InChI=1S/2C10H15.2C6H5FO.Zr/c2*1-7-6-10(4,5)9(3)8(7)2;2*7-5-1-3-6(8)4-2-5;/h2*1-5H3;2*1-4,8H;/q;;;;+2/p-2. The van der Waals surface area contributed by atoms with Gasteiger partial charge in [0.2, 0.25) is 0 Å². The zero-order chi connectivity index (χ0) is 27.5. The fraction of sp³-hybridized carbons (Fsp3) is 0.375. The van der Waals surface area contributed by atoms with Gasteiger partial charge in [-0.25, -0.2) is 0 Å². The summed E-state index contributed by atoms with van der Waals surface area (Å²) in [6, 6.07) is 12.4. The van der Waals surface area contributed by atoms with E-state index in [-0.39, 0.29) is 22.5 Å². The van der Waals surface area contributed by atoms with Gasteiger partial charge in [-0.3, -0.25) is 0 Å². The van der Waals surface area contributed by atoms with Crippen molar-refractivity contribution >= 4 is 0 Å². The van der Waals surface area contributed by atoms with E-state index in [1.54, 1.807) is 24.3 Å². The molecule has 2 aromatic rings. The minimum absolute atomic E-state index is 0.307. The fourth-order valence-corrected chi connectivity index (χ4v) is 18.5. The summed E-state index contributed by atoms with van der Waals surface area (Å²) in [7, 11) is 0. The molecule has 0 aromatic heterocycles. The van der Waals surface area contributed by atoms with Gasteiger partial charge in [-0.15, -0.1) is 0 Å². The Kier molecular flexibility index (Phi) is 7.12. The predicted octanol–water partition coefficient (Wildman–Crippen LogP) is 9.71. The van der Waals surface area contributed by atoms with Gasteiger partial charge in [-0.1, -0.05) is 0 Å². The molecule has 2 aliphatic rings. The molecular weight excluding hydrogens is 546 g/mol. The number of rotatable bonds is 6. The summed E-state index contributed by atoms with van der Waals surface area (Å²) in [4.78, 5) is 0. The summed E-state index contributed by atoms with van der Waals surface area (Å²) in [6.07, 6.45) is 0. The van der Waals surface area contributed by atoms with E-state index >= 15 is 0 Å². The van der Waals surface area contributed by atoms with E-state index in [0.717, 1.165) is 0 Å². The number of halogens is 2. The van der Waals surface area contributed by atoms with Crippen LogP contribution in [0.4, 0.5) is 8.78 Å². The summed E-state index contributed by atoms with van der Waals surface area (Å²) < 4.78 is 44.7. The fourth-order valence-electron chi connectivity index (χ4n) is 6.19. The molecule has 0 amide bonds. The van der Waals surface area contributed by atoms with Crippen LogP contribution in [0.2, 0.25) is 0 Å². The molecule has 0 N–H and O–H groups in total. The molecule has 37 heavy (non-hydrogen) atoms. The molecule has 0 saturated heterocycles. The Morgan fingerprint density at radius 2 is 0.811 bits per heavy atom. The molecule has 0 unspecified atom stereocenters. The summed E-state index contributed by atoms with van der Waals surface area (Å²) in [5.41, 5.74) is 6.87. The van der Waals surface area contributed by atoms with E-state index in [9.17, 15) is 8.78 Å². The zero-order valence-electron chi connectivity index (χ0n) is 23.7. The molecule has 2 nitrogen and oxygen atoms in total. The number of hydrogen-bond donors (Lipinski definition) is 0. The van der Waals surface area contributed by atoms with E-state index in [1.807, 2.05) is 0 Å². The number of benzene rings is 2. The third-order valence-corrected chi connectivity index (χ3v) is 19.7. The van der Waals surface area contributed by atoms with Crippen molar-refractivity contribution in [1.82, 2.24) is 0 Å². The van der Waals surface area contributed by atoms with Crippen molar-refractivity contribution in [2.75, 3.05) is 0 Å². The SMILES string of the molecule is CC1=C(C)C(C)(C)[C]([Zr]([O]c2ccc(F)cc2)([O]c2ccc(F)cc2)[C]2=C(C)C(C)=C(C)C2(C)C)=C1C. The molecule has 196 valence electrons. The van der Waals surface area contributed by atoms with Crippen LogP contribution in [0, 0.1) is 22.5 Å². The average Bonchev–Trinajstić information content (AvgIpc) is 3.09. The van der Waals surface area contributed by atoms with Gasteiger partial charge in [-0.2, -0.15) is 0 Å². The number of hydrogen-bond acceptors (Lipinski definition) is 2. The van der Waals surface area contributed by atoms with Crippen molar-refractivity contribution < 1.29 is 35.6 Å². The first kappa shape index (κ1) is 27.8. The first-order chi connectivity index (χ1) is 17.1. The van der Waals surface area contributed by atoms with Gasteiger partial charge in [0, 0.05) is 0 Å². The van der Waals surface area contributed by atoms with Crippen LogP contribution in [0.25, 0.3) is 0 Å². The van der Waals surface area contributed by atoms with Gasteiger partial charge < -0.3 is 0 Å². The minimum atomic E-state index is -4.70. The maximum absolute atomic E-state index is 13.9. The Labute approximate surface area is 226 Å². The van der Waals surface area contributed by atoms with Crippen LogP contribution >= 0.6 is 0 Å². The molecule has 2 aromatic carbocycles. The average molecular weight is 584 g/mol. The van der Waals surface area contributed by atoms with E-state index in [0.29, 0.717) is 11.5 Å². The van der Waals surface area contributed by atoms with Crippen molar-refractivity contribution in [3.05, 3.63) is 100 Å². The third kappa shape index (κ3) is 4.42. The van der Waals surface area contributed by atoms with Gasteiger partial charge in [-0.05, 0) is 0 Å². The predicted molar refractivity (Wildman–Crippen MR) is 144 cm³/mol. The maximum atomic E-state index is 13.9. The van der Waals surface area contributed by atoms with Crippen LogP contribution in [0.5, 0.6) is 11.5 Å². The molecule has 2 aliphatic carbocycles. The van der Waals surface area contributed by atoms with Crippen LogP contribution in [0.15, 0.2) is 88.5 Å². The first-order valence-corrected chi connectivity index (χ1v) is 17.3. The summed E-state index contributed by atoms with van der Waals surface area (Å²) >= 11 is -4.70. The molecule has 4 rings (SSSR count). The van der Waals surface area contributed by atoms with E-state index in [2.05, 4.69) is 69.2 Å². The molecule has 0 radical (unpaired) electrons. The van der Waals surface area contributed by atoms with Crippen LogP contribution in [0.1, 0.15) is 69.2 Å². The molecule has 0 aliphatic heterocycles. The summed E-state index contributed by atoms with van der Waals surface area (Å²) in [5, 5.41) is 0. The van der Waals surface area contributed by atoms with E-state index in [1.165, 1.54) is 64.3 Å². The van der Waals surface area contributed by atoms with E-state index in [4.69, 9.17) is 5.63 Å². The second-order valence-electron chi connectivity index (χ2n) is 11.5. The van der Waals surface area contributed by atoms with Crippen molar-refractivity contribution in [2.24, 2.45) is 10.8 Å². The van der Waals surface area contributed by atoms with Crippen LogP contribution in [-0.2, 0) is 21.1 Å². The van der Waals surface area contributed by atoms with Crippen molar-refractivity contribution in [1.29, 1.82) is 0 Å². The van der Waals surface area contributed by atoms with Gasteiger partial charge >= 0.3 is 227 Å².